The van der Waals surface area contributed by atoms with Crippen molar-refractivity contribution >= 4 is 17.0 Å². The normalized spacial score (nSPS) is 18.3. The lowest BCUT2D eigenvalue weighted by atomic mass is 9.95. The summed E-state index contributed by atoms with van der Waals surface area (Å²) >= 11 is 0. The highest BCUT2D eigenvalue weighted by Crippen LogP contribution is 2.38. The van der Waals surface area contributed by atoms with Crippen molar-refractivity contribution in [2.45, 2.75) is 64.6 Å². The largest absolute Gasteiger partial charge is 0.365 e. The van der Waals surface area contributed by atoms with Gasteiger partial charge < -0.3 is 14.5 Å². The fourth-order valence-electron chi connectivity index (χ4n) is 4.56. The van der Waals surface area contributed by atoms with Gasteiger partial charge in [-0.2, -0.15) is 0 Å². The summed E-state index contributed by atoms with van der Waals surface area (Å²) < 4.78 is 4.48. The van der Waals surface area contributed by atoms with Crippen molar-refractivity contribution in [3.63, 3.8) is 0 Å². The Bertz CT molecular complexity index is 1250. The molecule has 0 saturated heterocycles. The first-order valence-electron chi connectivity index (χ1n) is 11.0. The second-order valence-corrected chi connectivity index (χ2v) is 8.45. The van der Waals surface area contributed by atoms with Crippen LogP contribution in [0.25, 0.3) is 22.6 Å². The average molecular weight is 416 g/mol. The monoisotopic (exact) mass is 415 g/mol. The van der Waals surface area contributed by atoms with Crippen LogP contribution in [-0.4, -0.2) is 45.1 Å². The molecule has 0 bridgehead atoms. The lowest BCUT2D eigenvalue weighted by Crippen LogP contribution is -2.29. The lowest BCUT2D eigenvalue weighted by molar-refractivity contribution is 0.564. The summed E-state index contributed by atoms with van der Waals surface area (Å²) in [5, 5.41) is 3.67. The maximum absolute atomic E-state index is 4.92. The van der Waals surface area contributed by atoms with E-state index < -0.39 is 0 Å². The van der Waals surface area contributed by atoms with Gasteiger partial charge in [0.05, 0.1) is 17.6 Å². The molecule has 2 aliphatic carbocycles. The van der Waals surface area contributed by atoms with Crippen LogP contribution in [0.2, 0.25) is 0 Å². The Morgan fingerprint density at radius 1 is 1.06 bits per heavy atom. The first kappa shape index (κ1) is 18.4. The van der Waals surface area contributed by atoms with Gasteiger partial charge in [0.25, 0.3) is 0 Å². The van der Waals surface area contributed by atoms with Gasteiger partial charge in [-0.3, -0.25) is 0 Å². The van der Waals surface area contributed by atoms with Gasteiger partial charge in [-0.05, 0) is 39.5 Å². The highest BCUT2D eigenvalue weighted by Gasteiger charge is 2.31. The van der Waals surface area contributed by atoms with Crippen molar-refractivity contribution in [1.82, 2.24) is 39.0 Å². The Labute approximate surface area is 180 Å². The number of nitrogens with zero attached hydrogens (tertiary/aromatic N) is 8. The van der Waals surface area contributed by atoms with Crippen LogP contribution in [0.4, 0.5) is 5.82 Å². The average Bonchev–Trinajstić information content (AvgIpc) is 3.43. The van der Waals surface area contributed by atoms with E-state index in [0.29, 0.717) is 12.1 Å². The van der Waals surface area contributed by atoms with Crippen LogP contribution in [0, 0.1) is 6.92 Å². The van der Waals surface area contributed by atoms with Crippen molar-refractivity contribution in [3.8, 4) is 11.4 Å². The molecule has 1 atom stereocenters. The number of hydrogen-bond donors (Lipinski definition) is 1. The summed E-state index contributed by atoms with van der Waals surface area (Å²) in [6, 6.07) is 0.957. The standard InChI is InChI=1S/C22H25N9/c1-3-30-21(14-9-23-13(2)24-10-14)29-19-20(25-11-26-22(19)30)28-15-4-7-17-18(8-15)31(12-27-17)16-5-6-16/h9-12,15-16H,3-8H2,1-2H3,(H,25,26,28)/t15-/m0/s1. The van der Waals surface area contributed by atoms with Crippen LogP contribution in [0.15, 0.2) is 25.0 Å². The molecule has 158 valence electrons. The molecule has 9 nitrogen and oxygen atoms in total. The van der Waals surface area contributed by atoms with Gasteiger partial charge in [-0.25, -0.2) is 29.9 Å². The molecular formula is C22H25N9. The molecule has 0 unspecified atom stereocenters. The molecule has 4 heterocycles. The minimum absolute atomic E-state index is 0.303. The van der Waals surface area contributed by atoms with E-state index in [0.717, 1.165) is 60.0 Å². The fraction of sp³-hybridized carbons (Fsp3) is 0.455. The molecule has 2 aliphatic rings. The SMILES string of the molecule is CCn1c(-c2cnc(C)nc2)nc2c(N[C@H]3CCc4ncn(C5CC5)c4C3)ncnc21. The zero-order valence-corrected chi connectivity index (χ0v) is 17.8. The number of anilines is 1. The zero-order valence-electron chi connectivity index (χ0n) is 17.8. The predicted octanol–water partition coefficient (Wildman–Crippen LogP) is 3.11. The Morgan fingerprint density at radius 3 is 2.68 bits per heavy atom. The first-order chi connectivity index (χ1) is 15.2. The van der Waals surface area contributed by atoms with E-state index in [9.17, 15) is 0 Å². The summed E-state index contributed by atoms with van der Waals surface area (Å²) in [5.74, 6) is 2.35. The predicted molar refractivity (Wildman–Crippen MR) is 117 cm³/mol. The van der Waals surface area contributed by atoms with Gasteiger partial charge in [0.2, 0.25) is 0 Å². The van der Waals surface area contributed by atoms with Crippen molar-refractivity contribution in [3.05, 3.63) is 42.3 Å². The molecule has 4 aromatic rings. The van der Waals surface area contributed by atoms with Gasteiger partial charge in [0.15, 0.2) is 17.0 Å². The van der Waals surface area contributed by atoms with Crippen molar-refractivity contribution in [2.75, 3.05) is 5.32 Å². The number of aromatic nitrogens is 8. The summed E-state index contributed by atoms with van der Waals surface area (Å²) in [7, 11) is 0. The molecule has 0 radical (unpaired) electrons. The molecule has 0 aliphatic heterocycles. The third kappa shape index (κ3) is 3.15. The van der Waals surface area contributed by atoms with Gasteiger partial charge >= 0.3 is 0 Å². The molecule has 1 N–H and O–H groups in total. The van der Waals surface area contributed by atoms with Crippen LogP contribution in [0.3, 0.4) is 0 Å². The smallest absolute Gasteiger partial charge is 0.165 e. The quantitative estimate of drug-likeness (QED) is 0.535. The minimum atomic E-state index is 0.303. The molecule has 1 fully saturated rings. The third-order valence-corrected chi connectivity index (χ3v) is 6.32. The van der Waals surface area contributed by atoms with Crippen LogP contribution in [0.1, 0.15) is 49.4 Å². The summed E-state index contributed by atoms with van der Waals surface area (Å²) in [4.78, 5) is 27.3. The molecule has 4 aromatic heterocycles. The lowest BCUT2D eigenvalue weighted by Gasteiger charge is -2.24. The van der Waals surface area contributed by atoms with E-state index in [1.807, 2.05) is 25.6 Å². The fourth-order valence-corrected chi connectivity index (χ4v) is 4.56. The second-order valence-electron chi connectivity index (χ2n) is 8.45. The van der Waals surface area contributed by atoms with Gasteiger partial charge in [-0.1, -0.05) is 0 Å². The Balaban J connectivity index is 1.34. The molecule has 0 spiro atoms. The molecule has 0 amide bonds. The van der Waals surface area contributed by atoms with Crippen molar-refractivity contribution < 1.29 is 0 Å². The Morgan fingerprint density at radius 2 is 1.90 bits per heavy atom. The summed E-state index contributed by atoms with van der Waals surface area (Å²) in [6.45, 7) is 4.73. The van der Waals surface area contributed by atoms with E-state index in [1.165, 1.54) is 24.2 Å². The van der Waals surface area contributed by atoms with E-state index >= 15 is 0 Å². The van der Waals surface area contributed by atoms with E-state index in [1.54, 1.807) is 6.33 Å². The number of rotatable bonds is 5. The maximum atomic E-state index is 4.92. The number of hydrogen-bond acceptors (Lipinski definition) is 7. The Hall–Kier alpha value is -3.36. The molecule has 9 heteroatoms. The van der Waals surface area contributed by atoms with Crippen molar-refractivity contribution in [2.24, 2.45) is 0 Å². The summed E-state index contributed by atoms with van der Waals surface area (Å²) in [5.41, 5.74) is 5.14. The topological polar surface area (TPSA) is 99.2 Å². The number of aryl methyl sites for hydroxylation is 3. The minimum Gasteiger partial charge on any atom is -0.365 e. The van der Waals surface area contributed by atoms with Gasteiger partial charge in [-0.15, -0.1) is 0 Å². The van der Waals surface area contributed by atoms with Gasteiger partial charge in [0, 0.05) is 43.1 Å². The van der Waals surface area contributed by atoms with Gasteiger partial charge in [0.1, 0.15) is 18.0 Å². The third-order valence-electron chi connectivity index (χ3n) is 6.32. The highest BCUT2D eigenvalue weighted by atomic mass is 15.2. The molecule has 1 saturated carbocycles. The van der Waals surface area contributed by atoms with E-state index in [4.69, 9.17) is 4.98 Å². The van der Waals surface area contributed by atoms with E-state index in [-0.39, 0.29) is 0 Å². The zero-order chi connectivity index (χ0) is 20.9. The summed E-state index contributed by atoms with van der Waals surface area (Å²) in [6.07, 6.45) is 12.8. The molecule has 31 heavy (non-hydrogen) atoms. The molecule has 0 aromatic carbocycles. The number of fused-ring (bicyclic) bond motifs is 2. The van der Waals surface area contributed by atoms with Crippen LogP contribution in [0.5, 0.6) is 0 Å². The Kier molecular flexibility index (Phi) is 4.22. The highest BCUT2D eigenvalue weighted by molar-refractivity contribution is 5.86. The maximum Gasteiger partial charge on any atom is 0.165 e. The number of imidazole rings is 2. The molecular weight excluding hydrogens is 390 g/mol. The van der Waals surface area contributed by atoms with Crippen LogP contribution >= 0.6 is 0 Å². The van der Waals surface area contributed by atoms with Crippen molar-refractivity contribution in [1.29, 1.82) is 0 Å². The van der Waals surface area contributed by atoms with Crippen LogP contribution in [-0.2, 0) is 19.4 Å². The second kappa shape index (κ2) is 7.11. The van der Waals surface area contributed by atoms with Crippen LogP contribution < -0.4 is 5.32 Å². The number of nitrogens with one attached hydrogen (secondary N) is 1. The van der Waals surface area contributed by atoms with E-state index in [2.05, 4.69) is 46.3 Å². The first-order valence-corrected chi connectivity index (χ1v) is 11.0. The molecule has 6 rings (SSSR count).